The van der Waals surface area contributed by atoms with Crippen LogP contribution < -0.4 is 4.18 Å². The van der Waals surface area contributed by atoms with Crippen LogP contribution in [0.3, 0.4) is 0 Å². The van der Waals surface area contributed by atoms with E-state index in [1.807, 2.05) is 0 Å². The maximum Gasteiger partial charge on any atom is 0.488 e. The first-order valence-electron chi connectivity index (χ1n) is 5.91. The third kappa shape index (κ3) is 5.08. The van der Waals surface area contributed by atoms with Gasteiger partial charge in [-0.2, -0.15) is 8.42 Å². The first-order valence-corrected chi connectivity index (χ1v) is 7.22. The quantitative estimate of drug-likeness (QED) is 0.487. The Hall–Kier alpha value is -2.07. The van der Waals surface area contributed by atoms with Crippen molar-refractivity contribution >= 4 is 16.5 Å². The van der Waals surface area contributed by atoms with Gasteiger partial charge in [0.1, 0.15) is 11.4 Å². The minimum atomic E-state index is -5.22. The molecule has 0 heterocycles. The van der Waals surface area contributed by atoms with E-state index in [2.05, 4.69) is 10.1 Å². The highest BCUT2D eigenvalue weighted by Gasteiger charge is 2.23. The zero-order valence-electron chi connectivity index (χ0n) is 12.1. The summed E-state index contributed by atoms with van der Waals surface area (Å²) in [5, 5.41) is 0. The van der Waals surface area contributed by atoms with Crippen LogP contribution in [0, 0.1) is 19.3 Å². The number of ether oxygens (including phenoxy) is 1. The highest BCUT2D eigenvalue weighted by molar-refractivity contribution is 7.81. The maximum absolute atomic E-state index is 12.7. The number of hydrogen-bond acceptors (Lipinski definition) is 5. The van der Waals surface area contributed by atoms with Gasteiger partial charge in [-0.05, 0) is 39.8 Å². The zero-order valence-corrected chi connectivity index (χ0v) is 12.9. The number of hydrogen-bond donors (Lipinski definition) is 0. The molecule has 0 spiro atoms. The van der Waals surface area contributed by atoms with E-state index in [1.165, 1.54) is 13.0 Å². The number of carbonyl (C=O) groups is 1. The van der Waals surface area contributed by atoms with E-state index < -0.39 is 22.1 Å². The Morgan fingerprint density at radius 1 is 1.33 bits per heavy atom. The van der Waals surface area contributed by atoms with Crippen molar-refractivity contribution in [2.24, 2.45) is 0 Å². The normalized spacial score (nSPS) is 11.6. The third-order valence-electron chi connectivity index (χ3n) is 2.33. The second-order valence-corrected chi connectivity index (χ2v) is 6.22. The Balaban J connectivity index is 3.36. The summed E-state index contributed by atoms with van der Waals surface area (Å²) < 4.78 is 43.3. The summed E-state index contributed by atoms with van der Waals surface area (Å²) in [4.78, 5) is 12.1. The lowest BCUT2D eigenvalue weighted by molar-refractivity contribution is 0.00683. The van der Waals surface area contributed by atoms with Crippen molar-refractivity contribution in [1.82, 2.24) is 0 Å². The van der Waals surface area contributed by atoms with Gasteiger partial charge in [0.05, 0.1) is 5.56 Å². The molecule has 0 atom stereocenters. The fourth-order valence-electron chi connectivity index (χ4n) is 1.51. The van der Waals surface area contributed by atoms with Gasteiger partial charge in [-0.1, -0.05) is 9.81 Å². The predicted molar refractivity (Wildman–Crippen MR) is 74.9 cm³/mol. The Labute approximate surface area is 123 Å². The first kappa shape index (κ1) is 17.0. The van der Waals surface area contributed by atoms with Crippen LogP contribution in [-0.2, 0) is 15.2 Å². The SMILES string of the molecule is C#Cc1cc(OS(=O)(=O)F)c(C)c(C(=O)OC(C)(C)C)c1. The molecule has 0 aliphatic heterocycles. The Morgan fingerprint density at radius 3 is 2.33 bits per heavy atom. The van der Waals surface area contributed by atoms with Gasteiger partial charge in [-0.15, -0.1) is 6.42 Å². The number of benzene rings is 1. The lowest BCUT2D eigenvalue weighted by atomic mass is 10.0. The van der Waals surface area contributed by atoms with Crippen LogP contribution in [0.15, 0.2) is 12.1 Å². The molecule has 1 aromatic rings. The lowest BCUT2D eigenvalue weighted by Crippen LogP contribution is -2.24. The second kappa shape index (κ2) is 5.74. The van der Waals surface area contributed by atoms with E-state index in [-0.39, 0.29) is 22.4 Å². The number of rotatable bonds is 3. The molecular formula is C14H15FO5S. The summed E-state index contributed by atoms with van der Waals surface area (Å²) in [6.45, 7) is 6.43. The van der Waals surface area contributed by atoms with Crippen molar-refractivity contribution < 1.29 is 26.0 Å². The van der Waals surface area contributed by atoms with Crippen LogP contribution in [0.1, 0.15) is 42.3 Å². The molecule has 0 aliphatic carbocycles. The second-order valence-electron chi connectivity index (χ2n) is 5.27. The van der Waals surface area contributed by atoms with Crippen molar-refractivity contribution in [2.75, 3.05) is 0 Å². The van der Waals surface area contributed by atoms with Crippen LogP contribution in [-0.4, -0.2) is 20.0 Å². The Morgan fingerprint density at radius 2 is 1.90 bits per heavy atom. The summed E-state index contributed by atoms with van der Waals surface area (Å²) in [5.41, 5.74) is -0.452. The number of carbonyl (C=O) groups excluding carboxylic acids is 1. The molecule has 0 N–H and O–H groups in total. The molecule has 114 valence electrons. The van der Waals surface area contributed by atoms with Gasteiger partial charge >= 0.3 is 16.5 Å². The van der Waals surface area contributed by atoms with Crippen molar-refractivity contribution in [1.29, 1.82) is 0 Å². The smallest absolute Gasteiger partial charge is 0.456 e. The number of terminal acetylenes is 1. The van der Waals surface area contributed by atoms with Crippen LogP contribution >= 0.6 is 0 Å². The van der Waals surface area contributed by atoms with E-state index in [4.69, 9.17) is 11.2 Å². The van der Waals surface area contributed by atoms with Gasteiger partial charge in [0, 0.05) is 11.1 Å². The molecule has 5 nitrogen and oxygen atoms in total. The fraction of sp³-hybridized carbons (Fsp3) is 0.357. The van der Waals surface area contributed by atoms with Gasteiger partial charge < -0.3 is 8.92 Å². The van der Waals surface area contributed by atoms with Crippen molar-refractivity contribution in [3.05, 3.63) is 28.8 Å². The summed E-state index contributed by atoms with van der Waals surface area (Å²) >= 11 is 0. The molecule has 1 aromatic carbocycles. The van der Waals surface area contributed by atoms with Gasteiger partial charge in [-0.25, -0.2) is 4.79 Å². The molecule has 0 fully saturated rings. The standard InChI is InChI=1S/C14H15FO5S/c1-6-10-7-11(13(16)19-14(3,4)5)9(2)12(8-10)20-21(15,17)18/h1,7-8H,2-5H3. The fourth-order valence-corrected chi connectivity index (χ4v) is 1.90. The summed E-state index contributed by atoms with van der Waals surface area (Å²) in [6, 6.07) is 2.50. The minimum absolute atomic E-state index is 0.0130. The average Bonchev–Trinajstić information content (AvgIpc) is 2.27. The van der Waals surface area contributed by atoms with Crippen LogP contribution in [0.4, 0.5) is 3.89 Å². The van der Waals surface area contributed by atoms with Crippen molar-refractivity contribution in [3.63, 3.8) is 0 Å². The monoisotopic (exact) mass is 314 g/mol. The van der Waals surface area contributed by atoms with E-state index >= 15 is 0 Å². The molecule has 0 saturated carbocycles. The molecule has 1 rings (SSSR count). The Bertz CT molecular complexity index is 708. The third-order valence-corrected chi connectivity index (χ3v) is 2.71. The number of esters is 1. The molecule has 0 saturated heterocycles. The van der Waals surface area contributed by atoms with Crippen LogP contribution in [0.2, 0.25) is 0 Å². The molecular weight excluding hydrogens is 299 g/mol. The van der Waals surface area contributed by atoms with Gasteiger partial charge in [0.2, 0.25) is 0 Å². The molecule has 0 amide bonds. The van der Waals surface area contributed by atoms with E-state index in [0.29, 0.717) is 0 Å². The highest BCUT2D eigenvalue weighted by atomic mass is 32.3. The average molecular weight is 314 g/mol. The molecule has 0 unspecified atom stereocenters. The molecule has 0 radical (unpaired) electrons. The summed E-state index contributed by atoms with van der Waals surface area (Å²) in [7, 11) is -5.22. The first-order chi connectivity index (χ1) is 9.43. The topological polar surface area (TPSA) is 69.7 Å². The van der Waals surface area contributed by atoms with Crippen LogP contribution in [0.25, 0.3) is 0 Å². The van der Waals surface area contributed by atoms with Crippen molar-refractivity contribution in [2.45, 2.75) is 33.3 Å². The summed E-state index contributed by atoms with van der Waals surface area (Å²) in [5.74, 6) is 1.17. The molecule has 0 aromatic heterocycles. The number of halogens is 1. The van der Waals surface area contributed by atoms with Gasteiger partial charge in [0.15, 0.2) is 0 Å². The van der Waals surface area contributed by atoms with E-state index in [9.17, 15) is 17.1 Å². The highest BCUT2D eigenvalue weighted by Crippen LogP contribution is 2.27. The molecule has 0 aliphatic rings. The molecule has 0 bridgehead atoms. The minimum Gasteiger partial charge on any atom is -0.456 e. The lowest BCUT2D eigenvalue weighted by Gasteiger charge is -2.20. The zero-order chi connectivity index (χ0) is 16.4. The Kier molecular flexibility index (Phi) is 4.64. The van der Waals surface area contributed by atoms with E-state index in [1.54, 1.807) is 20.8 Å². The van der Waals surface area contributed by atoms with E-state index in [0.717, 1.165) is 6.07 Å². The molecule has 7 heteroatoms. The van der Waals surface area contributed by atoms with Gasteiger partial charge in [-0.3, -0.25) is 0 Å². The maximum atomic E-state index is 12.7. The molecule has 21 heavy (non-hydrogen) atoms. The van der Waals surface area contributed by atoms with Gasteiger partial charge in [0.25, 0.3) is 0 Å². The predicted octanol–water partition coefficient (Wildman–Crippen LogP) is 2.52. The van der Waals surface area contributed by atoms with Crippen molar-refractivity contribution in [3.8, 4) is 18.1 Å². The van der Waals surface area contributed by atoms with Crippen LogP contribution in [0.5, 0.6) is 5.75 Å². The largest absolute Gasteiger partial charge is 0.488 e. The summed E-state index contributed by atoms with van der Waals surface area (Å²) in [6.07, 6.45) is 5.23.